The Labute approximate surface area is 139 Å². The van der Waals surface area contributed by atoms with Crippen LogP contribution in [0.25, 0.3) is 16.2 Å². The van der Waals surface area contributed by atoms with Crippen molar-refractivity contribution in [1.29, 1.82) is 0 Å². The largest absolute Gasteiger partial charge is 0.348 e. The molecule has 1 amide bonds. The minimum atomic E-state index is -0.129. The van der Waals surface area contributed by atoms with Crippen molar-refractivity contribution in [3.05, 3.63) is 41.0 Å². The molecule has 23 heavy (non-hydrogen) atoms. The van der Waals surface area contributed by atoms with E-state index in [0.29, 0.717) is 11.3 Å². The number of hydrogen-bond acceptors (Lipinski definition) is 4. The van der Waals surface area contributed by atoms with Gasteiger partial charge in [0.2, 0.25) is 0 Å². The summed E-state index contributed by atoms with van der Waals surface area (Å²) in [5.74, 6) is -0.129. The first-order valence-corrected chi connectivity index (χ1v) is 8.74. The van der Waals surface area contributed by atoms with Gasteiger partial charge in [-0.15, -0.1) is 11.3 Å². The Hall–Kier alpha value is -2.21. The molecule has 0 aliphatic rings. The average Bonchev–Trinajstić information content (AvgIpc) is 3.22. The number of rotatable bonds is 5. The molecule has 0 saturated carbocycles. The first kappa shape index (κ1) is 15.7. The van der Waals surface area contributed by atoms with E-state index in [4.69, 9.17) is 0 Å². The van der Waals surface area contributed by atoms with E-state index in [1.54, 1.807) is 11.3 Å². The fourth-order valence-corrected chi connectivity index (χ4v) is 3.03. The van der Waals surface area contributed by atoms with Gasteiger partial charge in [-0.05, 0) is 37.3 Å². The summed E-state index contributed by atoms with van der Waals surface area (Å²) < 4.78 is 1.83. The molecule has 0 aromatic carbocycles. The Morgan fingerprint density at radius 3 is 2.87 bits per heavy atom. The number of nitrogens with one attached hydrogen (secondary N) is 1. The van der Waals surface area contributed by atoms with E-state index in [-0.39, 0.29) is 11.9 Å². The third kappa shape index (κ3) is 3.12. The number of fused-ring (bicyclic) bond motifs is 1. The lowest BCUT2D eigenvalue weighted by Gasteiger charge is -2.11. The van der Waals surface area contributed by atoms with E-state index < -0.39 is 0 Å². The molecule has 1 atom stereocenters. The second-order valence-corrected chi connectivity index (χ2v) is 6.49. The molecule has 0 unspecified atom stereocenters. The molecule has 0 fully saturated rings. The number of hydrogen-bond donors (Lipinski definition) is 1. The quantitative estimate of drug-likeness (QED) is 0.779. The number of thiophene rings is 1. The number of nitrogens with zero attached hydrogens (tertiary/aromatic N) is 3. The van der Waals surface area contributed by atoms with Crippen molar-refractivity contribution in [3.63, 3.8) is 0 Å². The van der Waals surface area contributed by atoms with Gasteiger partial charge in [-0.25, -0.2) is 9.50 Å². The third-order valence-electron chi connectivity index (χ3n) is 3.86. The molecule has 5 nitrogen and oxygen atoms in total. The van der Waals surface area contributed by atoms with Crippen LogP contribution in [-0.2, 0) is 6.42 Å². The molecular formula is C17H20N4OS. The minimum absolute atomic E-state index is 0.129. The van der Waals surface area contributed by atoms with Crippen LogP contribution in [0.2, 0.25) is 0 Å². The van der Waals surface area contributed by atoms with Gasteiger partial charge < -0.3 is 5.32 Å². The van der Waals surface area contributed by atoms with Crippen LogP contribution in [0.3, 0.4) is 0 Å². The number of carbonyl (C=O) groups is 1. The van der Waals surface area contributed by atoms with Gasteiger partial charge in [0.1, 0.15) is 11.4 Å². The van der Waals surface area contributed by atoms with Crippen LogP contribution in [0.15, 0.2) is 29.6 Å². The second-order valence-electron chi connectivity index (χ2n) is 5.55. The van der Waals surface area contributed by atoms with E-state index in [1.165, 1.54) is 0 Å². The van der Waals surface area contributed by atoms with Crippen molar-refractivity contribution in [1.82, 2.24) is 19.9 Å². The van der Waals surface area contributed by atoms with Crippen LogP contribution >= 0.6 is 11.3 Å². The lowest BCUT2D eigenvalue weighted by atomic mass is 10.2. The summed E-state index contributed by atoms with van der Waals surface area (Å²) in [6, 6.07) is 7.94. The Bertz CT molecular complexity index is 823. The van der Waals surface area contributed by atoms with E-state index in [9.17, 15) is 4.79 Å². The summed E-state index contributed by atoms with van der Waals surface area (Å²) in [4.78, 5) is 18.0. The van der Waals surface area contributed by atoms with Crippen LogP contribution < -0.4 is 5.32 Å². The number of aromatic nitrogens is 3. The molecule has 120 valence electrons. The van der Waals surface area contributed by atoms with Gasteiger partial charge in [-0.3, -0.25) is 4.79 Å². The van der Waals surface area contributed by atoms with Gasteiger partial charge in [0.25, 0.3) is 5.91 Å². The van der Waals surface area contributed by atoms with E-state index in [1.807, 2.05) is 48.0 Å². The maximum atomic E-state index is 12.4. The molecule has 3 rings (SSSR count). The molecule has 3 heterocycles. The highest BCUT2D eigenvalue weighted by molar-refractivity contribution is 7.13. The highest BCUT2D eigenvalue weighted by Crippen LogP contribution is 2.24. The number of amides is 1. The molecule has 3 aromatic heterocycles. The SMILES string of the molecule is CCc1cc(C(=O)N[C@H](C)CC)nc2cc(-c3cccs3)nn12. The molecule has 0 saturated heterocycles. The van der Waals surface area contributed by atoms with Crippen molar-refractivity contribution in [3.8, 4) is 10.6 Å². The van der Waals surface area contributed by atoms with Gasteiger partial charge in [0, 0.05) is 17.8 Å². The molecular weight excluding hydrogens is 308 g/mol. The van der Waals surface area contributed by atoms with Gasteiger partial charge in [-0.2, -0.15) is 5.10 Å². The normalized spacial score (nSPS) is 12.5. The van der Waals surface area contributed by atoms with E-state index in [2.05, 4.69) is 22.3 Å². The molecule has 3 aromatic rings. The smallest absolute Gasteiger partial charge is 0.270 e. The van der Waals surface area contributed by atoms with Crippen molar-refractivity contribution in [2.24, 2.45) is 0 Å². The third-order valence-corrected chi connectivity index (χ3v) is 4.75. The van der Waals surface area contributed by atoms with Crippen molar-refractivity contribution >= 4 is 22.9 Å². The molecule has 0 spiro atoms. The zero-order chi connectivity index (χ0) is 16.4. The monoisotopic (exact) mass is 328 g/mol. The fourth-order valence-electron chi connectivity index (χ4n) is 2.35. The standard InChI is InChI=1S/C17H20N4OS/c1-4-11(3)18-17(22)14-9-12(5-2)21-16(19-14)10-13(20-21)15-7-6-8-23-15/h6-11H,4-5H2,1-3H3,(H,18,22)/t11-/m1/s1. The summed E-state index contributed by atoms with van der Waals surface area (Å²) in [5, 5.41) is 9.63. The summed E-state index contributed by atoms with van der Waals surface area (Å²) in [6.45, 7) is 6.09. The summed E-state index contributed by atoms with van der Waals surface area (Å²) in [6.07, 6.45) is 1.68. The lowest BCUT2D eigenvalue weighted by molar-refractivity contribution is 0.0934. The van der Waals surface area contributed by atoms with Gasteiger partial charge >= 0.3 is 0 Å². The Morgan fingerprint density at radius 1 is 1.39 bits per heavy atom. The van der Waals surface area contributed by atoms with Crippen LogP contribution in [0, 0.1) is 0 Å². The molecule has 0 bridgehead atoms. The molecule has 1 N–H and O–H groups in total. The van der Waals surface area contributed by atoms with Gasteiger partial charge in [0.15, 0.2) is 5.65 Å². The summed E-state index contributed by atoms with van der Waals surface area (Å²) in [5.41, 5.74) is 3.03. The van der Waals surface area contributed by atoms with Crippen LogP contribution in [0.1, 0.15) is 43.4 Å². The van der Waals surface area contributed by atoms with E-state index >= 15 is 0 Å². The maximum Gasteiger partial charge on any atom is 0.270 e. The Morgan fingerprint density at radius 2 is 2.22 bits per heavy atom. The Balaban J connectivity index is 2.03. The molecule has 6 heteroatoms. The Kier molecular flexibility index (Phi) is 4.43. The van der Waals surface area contributed by atoms with Gasteiger partial charge in [-0.1, -0.05) is 19.9 Å². The highest BCUT2D eigenvalue weighted by Gasteiger charge is 2.15. The van der Waals surface area contributed by atoms with Crippen molar-refractivity contribution in [2.45, 2.75) is 39.7 Å². The summed E-state index contributed by atoms with van der Waals surface area (Å²) in [7, 11) is 0. The van der Waals surface area contributed by atoms with Crippen molar-refractivity contribution < 1.29 is 4.79 Å². The van der Waals surface area contributed by atoms with Crippen molar-refractivity contribution in [2.75, 3.05) is 0 Å². The molecule has 0 aliphatic carbocycles. The number of carbonyl (C=O) groups excluding carboxylic acids is 1. The first-order chi connectivity index (χ1) is 11.1. The van der Waals surface area contributed by atoms with E-state index in [0.717, 1.165) is 29.1 Å². The van der Waals surface area contributed by atoms with Crippen LogP contribution in [0.5, 0.6) is 0 Å². The zero-order valence-electron chi connectivity index (χ0n) is 13.5. The molecule has 0 aliphatic heterocycles. The zero-order valence-corrected chi connectivity index (χ0v) is 14.4. The predicted molar refractivity (Wildman–Crippen MR) is 92.9 cm³/mol. The highest BCUT2D eigenvalue weighted by atomic mass is 32.1. The topological polar surface area (TPSA) is 59.3 Å². The average molecular weight is 328 g/mol. The molecule has 0 radical (unpaired) electrons. The van der Waals surface area contributed by atoms with Crippen LogP contribution in [0.4, 0.5) is 0 Å². The van der Waals surface area contributed by atoms with Gasteiger partial charge in [0.05, 0.1) is 4.88 Å². The fraction of sp³-hybridized carbons (Fsp3) is 0.353. The maximum absolute atomic E-state index is 12.4. The first-order valence-electron chi connectivity index (χ1n) is 7.86. The number of aryl methyl sites for hydroxylation is 1. The summed E-state index contributed by atoms with van der Waals surface area (Å²) >= 11 is 1.64. The van der Waals surface area contributed by atoms with Crippen LogP contribution in [-0.4, -0.2) is 26.5 Å². The minimum Gasteiger partial charge on any atom is -0.348 e. The second kappa shape index (κ2) is 6.50. The predicted octanol–water partition coefficient (Wildman–Crippen LogP) is 3.55. The lowest BCUT2D eigenvalue weighted by Crippen LogP contribution is -2.32.